The Hall–Kier alpha value is -3.04. The number of Topliss-reactive ketones (excluding diaryl/α,β-unsaturated/α-hetero) is 1. The number of ether oxygens (including phenoxy) is 2. The Labute approximate surface area is 276 Å². The molecule has 1 aliphatic heterocycles. The molecule has 7 rings (SSSR count). The van der Waals surface area contributed by atoms with Crippen LogP contribution in [-0.4, -0.2) is 56.8 Å². The van der Waals surface area contributed by atoms with Gasteiger partial charge in [-0.15, -0.1) is 0 Å². The van der Waals surface area contributed by atoms with Crippen LogP contribution in [0, 0.1) is 28.6 Å². The maximum Gasteiger partial charge on any atom is 0.193 e. The summed E-state index contributed by atoms with van der Waals surface area (Å²) >= 11 is 0. The number of hydrogen-bond donors (Lipinski definition) is 2. The Morgan fingerprint density at radius 1 is 1.09 bits per heavy atom. The quantitative estimate of drug-likeness (QED) is 0.377. The Kier molecular flexibility index (Phi) is 7.98. The summed E-state index contributed by atoms with van der Waals surface area (Å²) in [6.07, 6.45) is 7.22. The number of pyridine rings is 1. The monoisotopic (exact) mass is 643 g/mol. The van der Waals surface area contributed by atoms with Gasteiger partial charge in [-0.05, 0) is 93.1 Å². The van der Waals surface area contributed by atoms with Crippen molar-refractivity contribution in [3.63, 3.8) is 0 Å². The smallest absolute Gasteiger partial charge is 0.193 e. The minimum Gasteiger partial charge on any atom is -0.390 e. The van der Waals surface area contributed by atoms with Crippen molar-refractivity contribution < 1.29 is 33.7 Å². The van der Waals surface area contributed by atoms with Crippen molar-refractivity contribution in [2.75, 3.05) is 6.61 Å². The molecular weight excluding hydrogens is 597 g/mol. The van der Waals surface area contributed by atoms with Gasteiger partial charge in [0.25, 0.3) is 0 Å². The highest BCUT2D eigenvalue weighted by molar-refractivity contribution is 6.01. The van der Waals surface area contributed by atoms with Crippen LogP contribution in [0.5, 0.6) is 0 Å². The zero-order valence-electron chi connectivity index (χ0n) is 27.7. The van der Waals surface area contributed by atoms with Gasteiger partial charge in [0.1, 0.15) is 6.61 Å². The lowest BCUT2D eigenvalue weighted by molar-refractivity contribution is -0.231. The third kappa shape index (κ3) is 4.77. The molecule has 0 spiro atoms. The van der Waals surface area contributed by atoms with Crippen LogP contribution < -0.4 is 0 Å². The van der Waals surface area contributed by atoms with E-state index in [9.17, 15) is 19.8 Å². The standard InChI is InChI=1S/C39H46FNO6/c1-23(2)17-25-7-5-24(6-8-25)9-12-28-13-10-26(21-41-28)35-46-34-19-31-30-14-11-27-18-29(43)15-16-36(27,3)38(30,40)32(44)20-37(31,4)39(34,47-35)33(45)22-42/h5-8,10,13,15-16,18,21,23,30-32,34-35,42,44H,9,11-12,14,17,19-20,22H2,1-4H3/t30-,31-,32-,34+,35+,36-,37-,38-,39+/m0/s1. The van der Waals surface area contributed by atoms with Crippen LogP contribution in [0.2, 0.25) is 0 Å². The van der Waals surface area contributed by atoms with Crippen molar-refractivity contribution in [3.8, 4) is 0 Å². The van der Waals surface area contributed by atoms with Gasteiger partial charge in [0.2, 0.25) is 0 Å². The van der Waals surface area contributed by atoms with E-state index in [1.807, 2.05) is 19.1 Å². The lowest BCUT2D eigenvalue weighted by Crippen LogP contribution is -2.69. The van der Waals surface area contributed by atoms with E-state index in [0.29, 0.717) is 36.3 Å². The van der Waals surface area contributed by atoms with E-state index in [0.717, 1.165) is 25.0 Å². The molecular formula is C39H46FNO6. The predicted octanol–water partition coefficient (Wildman–Crippen LogP) is 5.76. The molecule has 2 aromatic rings. The number of ketones is 2. The third-order valence-corrected chi connectivity index (χ3v) is 12.4. The first-order valence-electron chi connectivity index (χ1n) is 17.2. The number of aliphatic hydroxyl groups is 2. The fourth-order valence-corrected chi connectivity index (χ4v) is 10.0. The minimum absolute atomic E-state index is 0.0384. The predicted molar refractivity (Wildman–Crippen MR) is 174 cm³/mol. The zero-order valence-corrected chi connectivity index (χ0v) is 27.7. The number of aryl methyl sites for hydroxylation is 2. The van der Waals surface area contributed by atoms with E-state index >= 15 is 4.39 Å². The first kappa shape index (κ1) is 32.5. The minimum atomic E-state index is -2.03. The van der Waals surface area contributed by atoms with Crippen LogP contribution >= 0.6 is 0 Å². The Morgan fingerprint density at radius 2 is 1.83 bits per heavy atom. The summed E-state index contributed by atoms with van der Waals surface area (Å²) in [5.41, 5.74) is -0.806. The highest BCUT2D eigenvalue weighted by atomic mass is 19.1. The van der Waals surface area contributed by atoms with Gasteiger partial charge in [0.05, 0.1) is 12.2 Å². The molecule has 4 fully saturated rings. The SMILES string of the molecule is CC(C)Cc1ccc(CCc2ccc([C@@H]3O[C@@H]4C[C@H]5[C@@H]6CCC7=CC(=O)C=C[C@]7(C)[C@@]6(F)[C@@H](O)C[C@]5(C)[C@]4(C(=O)CO)O3)cn2)cc1. The Balaban J connectivity index is 1.11. The summed E-state index contributed by atoms with van der Waals surface area (Å²) in [7, 11) is 0. The second-order valence-corrected chi connectivity index (χ2v) is 15.4. The van der Waals surface area contributed by atoms with Gasteiger partial charge < -0.3 is 19.7 Å². The maximum absolute atomic E-state index is 17.6. The fraction of sp³-hybridized carbons (Fsp3) is 0.564. The second-order valence-electron chi connectivity index (χ2n) is 15.4. The van der Waals surface area contributed by atoms with Crippen LogP contribution in [0.3, 0.4) is 0 Å². The Bertz CT molecular complexity index is 1620. The van der Waals surface area contributed by atoms with Crippen molar-refractivity contribution >= 4 is 11.6 Å². The van der Waals surface area contributed by atoms with Crippen molar-refractivity contribution in [1.29, 1.82) is 0 Å². The number of benzene rings is 1. The van der Waals surface area contributed by atoms with E-state index < -0.39 is 58.9 Å². The first-order chi connectivity index (χ1) is 22.4. The Morgan fingerprint density at radius 3 is 2.51 bits per heavy atom. The topological polar surface area (TPSA) is 106 Å². The molecule has 8 heteroatoms. The van der Waals surface area contributed by atoms with Gasteiger partial charge in [0, 0.05) is 34.2 Å². The summed E-state index contributed by atoms with van der Waals surface area (Å²) in [5.74, 6) is -0.997. The molecule has 3 saturated carbocycles. The van der Waals surface area contributed by atoms with Crippen LogP contribution in [0.25, 0.3) is 0 Å². The maximum atomic E-state index is 17.6. The number of hydrogen-bond acceptors (Lipinski definition) is 7. The summed E-state index contributed by atoms with van der Waals surface area (Å²) in [6.45, 7) is 7.36. The van der Waals surface area contributed by atoms with E-state index in [-0.39, 0.29) is 18.1 Å². The molecule has 2 heterocycles. The van der Waals surface area contributed by atoms with Crippen LogP contribution in [0.1, 0.15) is 82.1 Å². The summed E-state index contributed by atoms with van der Waals surface area (Å²) in [6, 6.07) is 12.6. The zero-order chi connectivity index (χ0) is 33.4. The number of aromatic nitrogens is 1. The van der Waals surface area contributed by atoms with Gasteiger partial charge in [-0.2, -0.15) is 0 Å². The molecule has 7 nitrogen and oxygen atoms in total. The lowest BCUT2D eigenvalue weighted by Gasteiger charge is -2.62. The third-order valence-electron chi connectivity index (χ3n) is 12.4. The number of alkyl halides is 1. The van der Waals surface area contributed by atoms with Crippen molar-refractivity contribution in [3.05, 3.63) is 88.8 Å². The molecule has 9 atom stereocenters. The van der Waals surface area contributed by atoms with Crippen LogP contribution in [-0.2, 0) is 38.3 Å². The highest BCUT2D eigenvalue weighted by Gasteiger charge is 2.79. The number of carbonyl (C=O) groups is 2. The second kappa shape index (κ2) is 11.5. The van der Waals surface area contributed by atoms with E-state index in [2.05, 4.69) is 43.1 Å². The molecule has 0 amide bonds. The molecule has 1 aromatic heterocycles. The number of nitrogens with zero attached hydrogens (tertiary/aromatic N) is 1. The summed E-state index contributed by atoms with van der Waals surface area (Å²) < 4.78 is 30.7. The van der Waals surface area contributed by atoms with Crippen LogP contribution in [0.4, 0.5) is 4.39 Å². The van der Waals surface area contributed by atoms with E-state index in [1.54, 1.807) is 19.2 Å². The van der Waals surface area contributed by atoms with E-state index in [1.165, 1.54) is 23.3 Å². The van der Waals surface area contributed by atoms with Gasteiger partial charge in [-0.25, -0.2) is 4.39 Å². The van der Waals surface area contributed by atoms with Crippen molar-refractivity contribution in [1.82, 2.24) is 4.98 Å². The molecule has 0 bridgehead atoms. The number of rotatable bonds is 8. The normalized spacial score (nSPS) is 38.9. The van der Waals surface area contributed by atoms with Crippen molar-refractivity contribution in [2.45, 2.75) is 102 Å². The molecule has 250 valence electrons. The number of carbonyl (C=O) groups excluding carboxylic acids is 2. The average Bonchev–Trinajstić information content (AvgIpc) is 3.54. The number of halogens is 1. The molecule has 47 heavy (non-hydrogen) atoms. The number of fused-ring (bicyclic) bond motifs is 7. The fourth-order valence-electron chi connectivity index (χ4n) is 10.0. The number of aliphatic hydroxyl groups excluding tert-OH is 2. The first-order valence-corrected chi connectivity index (χ1v) is 17.2. The molecule has 5 aliphatic rings. The highest BCUT2D eigenvalue weighted by Crippen LogP contribution is 2.72. The summed E-state index contributed by atoms with van der Waals surface area (Å²) in [5, 5.41) is 22.0. The van der Waals surface area contributed by atoms with E-state index in [4.69, 9.17) is 9.47 Å². The van der Waals surface area contributed by atoms with Gasteiger partial charge >= 0.3 is 0 Å². The molecule has 2 N–H and O–H groups in total. The average molecular weight is 644 g/mol. The molecule has 0 radical (unpaired) electrons. The van der Waals surface area contributed by atoms with Gasteiger partial charge in [0.15, 0.2) is 29.1 Å². The summed E-state index contributed by atoms with van der Waals surface area (Å²) in [4.78, 5) is 30.6. The van der Waals surface area contributed by atoms with Gasteiger partial charge in [-0.1, -0.05) is 62.8 Å². The number of allylic oxidation sites excluding steroid dienone is 4. The molecule has 1 saturated heterocycles. The van der Waals surface area contributed by atoms with Crippen molar-refractivity contribution in [2.24, 2.45) is 28.6 Å². The molecule has 4 aliphatic carbocycles. The van der Waals surface area contributed by atoms with Gasteiger partial charge in [-0.3, -0.25) is 14.6 Å². The molecule has 0 unspecified atom stereocenters. The molecule has 1 aromatic carbocycles. The van der Waals surface area contributed by atoms with Crippen LogP contribution in [0.15, 0.2) is 66.4 Å². The lowest BCUT2D eigenvalue weighted by atomic mass is 9.44. The largest absolute Gasteiger partial charge is 0.390 e.